The summed E-state index contributed by atoms with van der Waals surface area (Å²) in [6, 6.07) is 27.0. The normalized spacial score (nSPS) is 22.1. The van der Waals surface area contributed by atoms with Gasteiger partial charge in [0.05, 0.1) is 11.1 Å². The monoisotopic (exact) mass is 631 g/mol. The van der Waals surface area contributed by atoms with Crippen molar-refractivity contribution in [2.24, 2.45) is 5.92 Å². The maximum absolute atomic E-state index is 13.5. The molecule has 200 valence electrons. The number of halogens is 1. The first-order valence-electron chi connectivity index (χ1n) is 13.9. The highest BCUT2D eigenvalue weighted by atomic mass is 127. The van der Waals surface area contributed by atoms with Gasteiger partial charge in [-0.2, -0.15) is 0 Å². The van der Waals surface area contributed by atoms with E-state index in [2.05, 4.69) is 103 Å². The zero-order chi connectivity index (χ0) is 26.8. The van der Waals surface area contributed by atoms with Crippen molar-refractivity contribution in [1.29, 1.82) is 0 Å². The van der Waals surface area contributed by atoms with Crippen LogP contribution in [0, 0.1) is 9.62 Å². The summed E-state index contributed by atoms with van der Waals surface area (Å²) in [6.45, 7) is 6.51. The van der Waals surface area contributed by atoms with Crippen molar-refractivity contribution in [2.75, 3.05) is 36.4 Å². The van der Waals surface area contributed by atoms with Crippen LogP contribution in [0.3, 0.4) is 0 Å². The summed E-state index contributed by atoms with van der Waals surface area (Å²) in [5, 5.41) is 12.5. The number of nitrogens with one attached hydrogen (secondary N) is 1. The molecule has 1 aliphatic heterocycles. The number of piperazine rings is 1. The van der Waals surface area contributed by atoms with E-state index in [1.165, 1.54) is 24.1 Å². The third-order valence-electron chi connectivity index (χ3n) is 8.49. The molecule has 1 N–H and O–H groups in total. The van der Waals surface area contributed by atoms with Crippen molar-refractivity contribution in [1.82, 2.24) is 15.1 Å². The number of rotatable bonds is 5. The second kappa shape index (κ2) is 11.2. The Morgan fingerprint density at radius 3 is 2.51 bits per heavy atom. The van der Waals surface area contributed by atoms with Gasteiger partial charge in [-0.1, -0.05) is 68.3 Å². The van der Waals surface area contributed by atoms with Gasteiger partial charge in [0.2, 0.25) is 0 Å². The molecule has 1 aliphatic carbocycles. The number of benzene rings is 3. The second-order valence-electron chi connectivity index (χ2n) is 11.0. The van der Waals surface area contributed by atoms with E-state index in [0.717, 1.165) is 55.6 Å². The second-order valence-corrected chi connectivity index (χ2v) is 12.0. The van der Waals surface area contributed by atoms with E-state index >= 15 is 0 Å². The van der Waals surface area contributed by atoms with Crippen molar-refractivity contribution in [3.05, 3.63) is 93.7 Å². The molecule has 6 nitrogen and oxygen atoms in total. The maximum Gasteiger partial charge on any atom is 0.259 e. The van der Waals surface area contributed by atoms with Crippen LogP contribution < -0.4 is 10.2 Å². The fraction of sp³-hybridized carbons (Fsp3) is 0.344. The molecule has 2 fully saturated rings. The van der Waals surface area contributed by atoms with E-state index < -0.39 is 0 Å². The summed E-state index contributed by atoms with van der Waals surface area (Å²) >= 11 is 2.10. The third-order valence-corrected chi connectivity index (χ3v) is 9.24. The molecule has 3 aromatic carbocycles. The van der Waals surface area contributed by atoms with Crippen molar-refractivity contribution in [3.63, 3.8) is 0 Å². The molecule has 6 rings (SSSR count). The molecule has 2 aliphatic rings. The molecular formula is C32H34IN5O. The van der Waals surface area contributed by atoms with Crippen LogP contribution in [0.15, 0.2) is 78.9 Å². The molecule has 0 bridgehead atoms. The number of carbonyl (C=O) groups excluding carboxylic acids is 1. The van der Waals surface area contributed by atoms with E-state index in [1.807, 2.05) is 30.3 Å². The molecule has 2 heterocycles. The topological polar surface area (TPSA) is 61.4 Å². The number of anilines is 2. The van der Waals surface area contributed by atoms with Crippen LogP contribution in [0.25, 0.3) is 10.9 Å². The predicted octanol–water partition coefficient (Wildman–Crippen LogP) is 6.71. The first-order chi connectivity index (χ1) is 19.0. The number of amides is 1. The lowest BCUT2D eigenvalue weighted by Gasteiger charge is -2.52. The average Bonchev–Trinajstić information content (AvgIpc) is 2.97. The molecule has 2 atom stereocenters. The number of para-hydroxylation sites is 1. The Labute approximate surface area is 243 Å². The Morgan fingerprint density at radius 2 is 1.72 bits per heavy atom. The molecular weight excluding hydrogens is 597 g/mol. The quantitative estimate of drug-likeness (QED) is 0.248. The van der Waals surface area contributed by atoms with Crippen molar-refractivity contribution < 1.29 is 4.79 Å². The van der Waals surface area contributed by atoms with Crippen molar-refractivity contribution >= 4 is 50.8 Å². The molecule has 1 saturated carbocycles. The minimum atomic E-state index is -0.148. The van der Waals surface area contributed by atoms with Crippen LogP contribution in [0.5, 0.6) is 0 Å². The molecule has 1 aromatic heterocycles. The highest BCUT2D eigenvalue weighted by Crippen LogP contribution is 2.45. The lowest BCUT2D eigenvalue weighted by atomic mass is 9.71. The van der Waals surface area contributed by atoms with E-state index in [1.54, 1.807) is 0 Å². The first-order valence-corrected chi connectivity index (χ1v) is 15.0. The van der Waals surface area contributed by atoms with Gasteiger partial charge in [0.1, 0.15) is 3.70 Å². The molecule has 0 radical (unpaired) electrons. The Hall–Kier alpha value is -3.04. The number of nitrogens with zero attached hydrogens (tertiary/aromatic N) is 4. The molecule has 4 aromatic rings. The summed E-state index contributed by atoms with van der Waals surface area (Å²) in [4.78, 5) is 18.8. The number of fused-ring (bicyclic) bond motifs is 1. The Bertz CT molecular complexity index is 1470. The maximum atomic E-state index is 13.5. The first kappa shape index (κ1) is 26.2. The van der Waals surface area contributed by atoms with Gasteiger partial charge >= 0.3 is 0 Å². The number of hydrogen-bond acceptors (Lipinski definition) is 5. The van der Waals surface area contributed by atoms with E-state index in [9.17, 15) is 4.79 Å². The average molecular weight is 632 g/mol. The molecule has 2 unspecified atom stereocenters. The zero-order valence-electron chi connectivity index (χ0n) is 22.3. The van der Waals surface area contributed by atoms with Crippen LogP contribution in [0.4, 0.5) is 11.4 Å². The summed E-state index contributed by atoms with van der Waals surface area (Å²) in [5.74, 6) is 0.519. The van der Waals surface area contributed by atoms with Crippen LogP contribution in [-0.2, 0) is 5.54 Å². The Morgan fingerprint density at radius 1 is 0.949 bits per heavy atom. The summed E-state index contributed by atoms with van der Waals surface area (Å²) in [5.41, 5.74) is 4.73. The van der Waals surface area contributed by atoms with Crippen LogP contribution in [0.2, 0.25) is 0 Å². The third kappa shape index (κ3) is 5.26. The van der Waals surface area contributed by atoms with Crippen LogP contribution in [0.1, 0.15) is 48.5 Å². The van der Waals surface area contributed by atoms with Gasteiger partial charge in [0, 0.05) is 48.5 Å². The van der Waals surface area contributed by atoms with Crippen LogP contribution >= 0.6 is 22.6 Å². The van der Waals surface area contributed by atoms with Gasteiger partial charge in [-0.3, -0.25) is 9.69 Å². The Kier molecular flexibility index (Phi) is 7.53. The van der Waals surface area contributed by atoms with Gasteiger partial charge in [0.25, 0.3) is 5.91 Å². The summed E-state index contributed by atoms with van der Waals surface area (Å²) < 4.78 is 0.605. The molecule has 1 saturated heterocycles. The van der Waals surface area contributed by atoms with Crippen molar-refractivity contribution in [2.45, 2.75) is 38.1 Å². The fourth-order valence-electron chi connectivity index (χ4n) is 6.61. The lowest BCUT2D eigenvalue weighted by Crippen LogP contribution is -2.57. The fourth-order valence-corrected chi connectivity index (χ4v) is 7.26. The molecule has 39 heavy (non-hydrogen) atoms. The largest absolute Gasteiger partial charge is 0.369 e. The van der Waals surface area contributed by atoms with Gasteiger partial charge in [-0.15, -0.1) is 10.2 Å². The minimum absolute atomic E-state index is 0.0134. The number of hydrogen-bond donors (Lipinski definition) is 1. The number of aromatic nitrogens is 2. The smallest absolute Gasteiger partial charge is 0.259 e. The number of carbonyl (C=O) groups is 1. The van der Waals surface area contributed by atoms with Gasteiger partial charge in [0.15, 0.2) is 0 Å². The standard InChI is InChI=1S/C32H34IN5O/c1-23-9-8-16-32(22-23,38-19-17-37(18-20-38)26-12-3-2-4-13-26)24-10-7-11-25(21-24)34-31(39)29-27-14-5-6-15-28(27)35-36-30(29)33/h2-7,10-15,21,23H,8-9,16-20,22H2,1H3,(H,34,39). The minimum Gasteiger partial charge on any atom is -0.369 e. The van der Waals surface area contributed by atoms with E-state index in [-0.39, 0.29) is 11.4 Å². The predicted molar refractivity (Wildman–Crippen MR) is 166 cm³/mol. The van der Waals surface area contributed by atoms with Gasteiger partial charge in [-0.05, 0) is 77.2 Å². The van der Waals surface area contributed by atoms with Gasteiger partial charge < -0.3 is 10.2 Å². The SMILES string of the molecule is CC1CCCC(c2cccc(NC(=O)c3c(I)nnc4ccccc34)c2)(N2CCN(c3ccccc3)CC2)C1. The molecule has 7 heteroatoms. The van der Waals surface area contributed by atoms with Gasteiger partial charge in [-0.25, -0.2) is 0 Å². The van der Waals surface area contributed by atoms with Crippen molar-refractivity contribution in [3.8, 4) is 0 Å². The highest BCUT2D eigenvalue weighted by molar-refractivity contribution is 14.1. The molecule has 0 spiro atoms. The summed E-state index contributed by atoms with van der Waals surface area (Å²) in [6.07, 6.45) is 4.80. The lowest BCUT2D eigenvalue weighted by molar-refractivity contribution is 0.0243. The van der Waals surface area contributed by atoms with Crippen LogP contribution in [-0.4, -0.2) is 47.2 Å². The summed E-state index contributed by atoms with van der Waals surface area (Å²) in [7, 11) is 0. The van der Waals surface area contributed by atoms with E-state index in [4.69, 9.17) is 0 Å². The highest BCUT2D eigenvalue weighted by Gasteiger charge is 2.42. The van der Waals surface area contributed by atoms with E-state index in [0.29, 0.717) is 15.2 Å². The molecule has 1 amide bonds. The zero-order valence-corrected chi connectivity index (χ0v) is 24.5. The Balaban J connectivity index is 1.27.